The molecule has 300 valence electrons. The first-order valence-corrected chi connectivity index (χ1v) is 22.7. The molecular weight excluding hydrogens is 663 g/mol. The minimum absolute atomic E-state index is 0.155. The Morgan fingerprint density at radius 1 is 0.490 bits per heavy atom. The van der Waals surface area contributed by atoms with E-state index in [1.54, 1.807) is 0 Å². The van der Waals surface area contributed by atoms with Crippen LogP contribution in [0.5, 0.6) is 0 Å². The smallest absolute Gasteiger partial charge is 0.462 e. The van der Waals surface area contributed by atoms with E-state index < -0.39 is 32.5 Å². The molecule has 0 unspecified atom stereocenters. The summed E-state index contributed by atoms with van der Waals surface area (Å²) < 4.78 is 26.3. The molecule has 0 aromatic heterocycles. The van der Waals surface area contributed by atoms with Gasteiger partial charge in [-0.15, -0.1) is 0 Å². The molecule has 0 saturated carbocycles. The number of hydrogen-bond acceptors (Lipinski definition) is 6. The summed E-state index contributed by atoms with van der Waals surface area (Å²) in [6.45, 7) is 3.65. The normalized spacial score (nSPS) is 12.6. The molecule has 9 heteroatoms. The van der Waals surface area contributed by atoms with E-state index in [9.17, 15) is 14.2 Å². The first kappa shape index (κ1) is 49.5. The van der Waals surface area contributed by atoms with Crippen LogP contribution in [-0.2, 0) is 28.2 Å². The van der Waals surface area contributed by atoms with Crippen molar-refractivity contribution in [3.8, 4) is 0 Å². The van der Waals surface area contributed by atoms with Crippen molar-refractivity contribution >= 4 is 19.8 Å². The SMILES string of the molecule is CCCCCCCCCCCCCCCC/C=C/CC/C=C/CCCC(=O)O[C@H](COC(=O)CCCCCCCCCCCC)COP(=O)(O)O. The molecule has 0 aliphatic rings. The summed E-state index contributed by atoms with van der Waals surface area (Å²) in [7, 11) is -4.76. The van der Waals surface area contributed by atoms with Crippen LogP contribution in [0.2, 0.25) is 0 Å². The number of hydrogen-bond donors (Lipinski definition) is 2. The lowest BCUT2D eigenvalue weighted by Crippen LogP contribution is -2.29. The molecule has 0 amide bonds. The van der Waals surface area contributed by atoms with Gasteiger partial charge in [0.1, 0.15) is 6.61 Å². The third-order valence-corrected chi connectivity index (χ3v) is 9.69. The number of ether oxygens (including phenoxy) is 2. The molecule has 0 aromatic carbocycles. The van der Waals surface area contributed by atoms with Crippen LogP contribution in [0.25, 0.3) is 0 Å². The molecule has 0 bridgehead atoms. The number of rotatable bonds is 39. The van der Waals surface area contributed by atoms with Gasteiger partial charge in [-0.1, -0.05) is 179 Å². The van der Waals surface area contributed by atoms with Crippen LogP contribution >= 0.6 is 7.82 Å². The maximum atomic E-state index is 12.4. The van der Waals surface area contributed by atoms with Crippen LogP contribution in [-0.4, -0.2) is 41.0 Å². The lowest BCUT2D eigenvalue weighted by molar-refractivity contribution is -0.161. The van der Waals surface area contributed by atoms with Gasteiger partial charge in [-0.3, -0.25) is 14.1 Å². The maximum absolute atomic E-state index is 12.4. The molecule has 0 saturated heterocycles. The fourth-order valence-electron chi connectivity index (χ4n) is 6.04. The summed E-state index contributed by atoms with van der Waals surface area (Å²) in [6.07, 6.45) is 43.6. The quantitative estimate of drug-likeness (QED) is 0.0276. The van der Waals surface area contributed by atoms with E-state index in [4.69, 9.17) is 19.3 Å². The summed E-state index contributed by atoms with van der Waals surface area (Å²) in [5, 5.41) is 0. The fourth-order valence-corrected chi connectivity index (χ4v) is 6.40. The Morgan fingerprint density at radius 2 is 0.863 bits per heavy atom. The van der Waals surface area contributed by atoms with Gasteiger partial charge in [-0.25, -0.2) is 4.57 Å². The number of allylic oxidation sites excluding steroid dienone is 4. The highest BCUT2D eigenvalue weighted by molar-refractivity contribution is 7.46. The zero-order valence-electron chi connectivity index (χ0n) is 33.0. The molecule has 0 aliphatic heterocycles. The number of phosphoric acid groups is 1. The average molecular weight is 743 g/mol. The van der Waals surface area contributed by atoms with Gasteiger partial charge < -0.3 is 19.3 Å². The molecule has 0 rings (SSSR count). The second-order valence-electron chi connectivity index (χ2n) is 14.3. The summed E-state index contributed by atoms with van der Waals surface area (Å²) in [5.74, 6) is -0.929. The Hall–Kier alpha value is -1.47. The summed E-state index contributed by atoms with van der Waals surface area (Å²) in [6, 6.07) is 0. The highest BCUT2D eigenvalue weighted by atomic mass is 31.2. The maximum Gasteiger partial charge on any atom is 0.469 e. The standard InChI is InChI=1S/C42H79O8P/c1-3-5-7-9-11-13-15-16-17-18-19-20-21-22-23-24-25-26-27-29-31-33-35-37-42(44)50-40(39-49-51(45,46)47)38-48-41(43)36-34-32-30-28-14-12-10-8-6-4-2/h24-25,29,31,40H,3-23,26-28,30,32-39H2,1-2H3,(H2,45,46,47)/b25-24+,31-29+/t40-/m1/s1. The van der Waals surface area contributed by atoms with E-state index in [2.05, 4.69) is 42.7 Å². The average Bonchev–Trinajstić information content (AvgIpc) is 3.10. The first-order chi connectivity index (χ1) is 24.8. The molecule has 1 atom stereocenters. The number of unbranched alkanes of at least 4 members (excludes halogenated alkanes) is 25. The number of phosphoric ester groups is 1. The van der Waals surface area contributed by atoms with Crippen LogP contribution in [0.15, 0.2) is 24.3 Å². The van der Waals surface area contributed by atoms with E-state index in [-0.39, 0.29) is 19.4 Å². The Labute approximate surface area is 313 Å². The largest absolute Gasteiger partial charge is 0.469 e. The van der Waals surface area contributed by atoms with Crippen molar-refractivity contribution in [3.63, 3.8) is 0 Å². The van der Waals surface area contributed by atoms with Gasteiger partial charge in [-0.05, 0) is 44.9 Å². The molecule has 0 aromatic rings. The minimum Gasteiger partial charge on any atom is -0.462 e. The molecular formula is C42H79O8P. The second kappa shape index (κ2) is 38.3. The molecule has 2 N–H and O–H groups in total. The van der Waals surface area contributed by atoms with Crippen LogP contribution in [0.3, 0.4) is 0 Å². The summed E-state index contributed by atoms with van der Waals surface area (Å²) in [4.78, 5) is 42.7. The van der Waals surface area contributed by atoms with Crippen LogP contribution in [0, 0.1) is 0 Å². The molecule has 0 aliphatic carbocycles. The monoisotopic (exact) mass is 743 g/mol. The molecule has 8 nitrogen and oxygen atoms in total. The van der Waals surface area contributed by atoms with Crippen molar-refractivity contribution in [3.05, 3.63) is 24.3 Å². The number of carbonyl (C=O) groups is 2. The fraction of sp³-hybridized carbons (Fsp3) is 0.857. The van der Waals surface area contributed by atoms with Crippen LogP contribution in [0.4, 0.5) is 0 Å². The molecule has 0 spiro atoms. The van der Waals surface area contributed by atoms with Crippen molar-refractivity contribution in [2.45, 2.75) is 219 Å². The Kier molecular flexibility index (Phi) is 37.2. The van der Waals surface area contributed by atoms with Crippen molar-refractivity contribution in [2.24, 2.45) is 0 Å². The van der Waals surface area contributed by atoms with Gasteiger partial charge in [0, 0.05) is 12.8 Å². The van der Waals surface area contributed by atoms with Crippen LogP contribution in [0.1, 0.15) is 213 Å². The predicted octanol–water partition coefficient (Wildman–Crippen LogP) is 12.8. The third kappa shape index (κ3) is 41.2. The van der Waals surface area contributed by atoms with E-state index in [1.165, 1.54) is 135 Å². The summed E-state index contributed by atoms with van der Waals surface area (Å²) in [5.41, 5.74) is 0. The Balaban J connectivity index is 3.89. The first-order valence-electron chi connectivity index (χ1n) is 21.1. The second-order valence-corrected chi connectivity index (χ2v) is 15.5. The van der Waals surface area contributed by atoms with E-state index in [1.807, 2.05) is 0 Å². The molecule has 51 heavy (non-hydrogen) atoms. The predicted molar refractivity (Wildman–Crippen MR) is 212 cm³/mol. The zero-order valence-corrected chi connectivity index (χ0v) is 33.9. The Morgan fingerprint density at radius 3 is 1.31 bits per heavy atom. The van der Waals surface area contributed by atoms with Gasteiger partial charge in [0.2, 0.25) is 0 Å². The van der Waals surface area contributed by atoms with Gasteiger partial charge in [0.15, 0.2) is 6.10 Å². The third-order valence-electron chi connectivity index (χ3n) is 9.20. The van der Waals surface area contributed by atoms with E-state index in [0.29, 0.717) is 6.42 Å². The van der Waals surface area contributed by atoms with E-state index >= 15 is 0 Å². The van der Waals surface area contributed by atoms with Crippen molar-refractivity contribution < 1.29 is 37.9 Å². The highest BCUT2D eigenvalue weighted by Crippen LogP contribution is 2.36. The highest BCUT2D eigenvalue weighted by Gasteiger charge is 2.22. The van der Waals surface area contributed by atoms with Crippen molar-refractivity contribution in [2.75, 3.05) is 13.2 Å². The lowest BCUT2D eigenvalue weighted by Gasteiger charge is -2.18. The topological polar surface area (TPSA) is 119 Å². The van der Waals surface area contributed by atoms with Gasteiger partial charge >= 0.3 is 19.8 Å². The zero-order chi connectivity index (χ0) is 37.5. The van der Waals surface area contributed by atoms with E-state index in [0.717, 1.165) is 44.9 Å². The van der Waals surface area contributed by atoms with Crippen molar-refractivity contribution in [1.82, 2.24) is 0 Å². The minimum atomic E-state index is -4.76. The Bertz CT molecular complexity index is 884. The summed E-state index contributed by atoms with van der Waals surface area (Å²) >= 11 is 0. The number of esters is 2. The molecule has 0 fully saturated rings. The van der Waals surface area contributed by atoms with Gasteiger partial charge in [0.05, 0.1) is 6.61 Å². The molecule has 0 heterocycles. The van der Waals surface area contributed by atoms with Gasteiger partial charge in [-0.2, -0.15) is 0 Å². The number of carbonyl (C=O) groups excluding carboxylic acids is 2. The lowest BCUT2D eigenvalue weighted by atomic mass is 10.0. The van der Waals surface area contributed by atoms with Crippen molar-refractivity contribution in [1.29, 1.82) is 0 Å². The van der Waals surface area contributed by atoms with Gasteiger partial charge in [0.25, 0.3) is 0 Å². The molecule has 0 radical (unpaired) electrons. The van der Waals surface area contributed by atoms with Crippen LogP contribution < -0.4 is 0 Å².